The molecule has 0 atom stereocenters. The van der Waals surface area contributed by atoms with Crippen LogP contribution in [0.3, 0.4) is 0 Å². The molecule has 118 valence electrons. The van der Waals surface area contributed by atoms with Crippen molar-refractivity contribution in [1.82, 2.24) is 14.7 Å². The van der Waals surface area contributed by atoms with Gasteiger partial charge in [-0.25, -0.2) is 4.98 Å². The lowest BCUT2D eigenvalue weighted by Gasteiger charge is -2.04. The van der Waals surface area contributed by atoms with E-state index in [1.165, 1.54) is 0 Å². The Hall–Kier alpha value is -2.04. The fourth-order valence-electron chi connectivity index (χ4n) is 2.32. The molecule has 23 heavy (non-hydrogen) atoms. The zero-order valence-corrected chi connectivity index (χ0v) is 13.8. The molecule has 0 aliphatic heterocycles. The van der Waals surface area contributed by atoms with Gasteiger partial charge in [-0.1, -0.05) is 35.3 Å². The Morgan fingerprint density at radius 1 is 1.04 bits per heavy atom. The maximum atomic E-state index is 11.9. The monoisotopic (exact) mass is 347 g/mol. The lowest BCUT2D eigenvalue weighted by Crippen LogP contribution is -2.27. The molecule has 2 aromatic heterocycles. The van der Waals surface area contributed by atoms with Crippen molar-refractivity contribution in [1.29, 1.82) is 0 Å². The average molecular weight is 348 g/mol. The van der Waals surface area contributed by atoms with E-state index in [1.807, 2.05) is 41.1 Å². The fourth-order valence-corrected chi connectivity index (χ4v) is 2.61. The van der Waals surface area contributed by atoms with Crippen LogP contribution in [0.2, 0.25) is 10.0 Å². The number of hydrogen-bond acceptors (Lipinski definition) is 2. The van der Waals surface area contributed by atoms with Crippen molar-refractivity contribution in [2.45, 2.75) is 12.8 Å². The Bertz CT molecular complexity index is 827. The second kappa shape index (κ2) is 7.02. The van der Waals surface area contributed by atoms with Crippen molar-refractivity contribution in [2.24, 2.45) is 0 Å². The summed E-state index contributed by atoms with van der Waals surface area (Å²) in [5, 5.41) is 4.23. The minimum Gasteiger partial charge on any atom is -0.355 e. The summed E-state index contributed by atoms with van der Waals surface area (Å²) in [6, 6.07) is 11.0. The first kappa shape index (κ1) is 15.8. The number of carbonyl (C=O) groups excluding carboxylic acids is 1. The number of rotatable bonds is 5. The van der Waals surface area contributed by atoms with Gasteiger partial charge in [-0.2, -0.15) is 0 Å². The molecule has 1 N–H and O–H groups in total. The molecule has 0 saturated heterocycles. The van der Waals surface area contributed by atoms with Crippen LogP contribution in [0.5, 0.6) is 0 Å². The number of amides is 1. The van der Waals surface area contributed by atoms with Gasteiger partial charge in [0.25, 0.3) is 0 Å². The quantitative estimate of drug-likeness (QED) is 0.767. The van der Waals surface area contributed by atoms with Crippen molar-refractivity contribution in [3.8, 4) is 0 Å². The van der Waals surface area contributed by atoms with Gasteiger partial charge in [-0.15, -0.1) is 0 Å². The van der Waals surface area contributed by atoms with Crippen molar-refractivity contribution < 1.29 is 4.79 Å². The predicted molar refractivity (Wildman–Crippen MR) is 92.1 cm³/mol. The molecule has 0 fully saturated rings. The number of hydrogen-bond donors (Lipinski definition) is 1. The normalized spacial score (nSPS) is 10.9. The molecule has 4 nitrogen and oxygen atoms in total. The summed E-state index contributed by atoms with van der Waals surface area (Å²) in [5.41, 5.74) is 2.70. The van der Waals surface area contributed by atoms with Crippen molar-refractivity contribution >= 4 is 34.8 Å². The van der Waals surface area contributed by atoms with Crippen LogP contribution in [-0.2, 0) is 17.6 Å². The molecule has 3 aromatic rings. The van der Waals surface area contributed by atoms with Crippen LogP contribution >= 0.6 is 23.2 Å². The Kier molecular flexibility index (Phi) is 4.84. The summed E-state index contributed by atoms with van der Waals surface area (Å²) in [4.78, 5) is 16.4. The smallest absolute Gasteiger partial charge is 0.224 e. The van der Waals surface area contributed by atoms with E-state index in [9.17, 15) is 4.79 Å². The zero-order valence-electron chi connectivity index (χ0n) is 12.3. The van der Waals surface area contributed by atoms with Crippen LogP contribution in [-0.4, -0.2) is 21.8 Å². The molecular weight excluding hydrogens is 333 g/mol. The highest BCUT2D eigenvalue weighted by Gasteiger charge is 2.05. The van der Waals surface area contributed by atoms with Gasteiger partial charge in [-0.05, 0) is 29.8 Å². The number of benzene rings is 1. The van der Waals surface area contributed by atoms with Gasteiger partial charge in [0.15, 0.2) is 0 Å². The molecular formula is C17H15Cl2N3O. The Balaban J connectivity index is 1.51. The second-order valence-corrected chi connectivity index (χ2v) is 6.12. The number of aromatic nitrogens is 2. The first-order valence-corrected chi connectivity index (χ1v) is 8.00. The van der Waals surface area contributed by atoms with Gasteiger partial charge < -0.3 is 9.72 Å². The third kappa shape index (κ3) is 4.24. The van der Waals surface area contributed by atoms with E-state index in [4.69, 9.17) is 23.2 Å². The van der Waals surface area contributed by atoms with E-state index in [1.54, 1.807) is 12.1 Å². The average Bonchev–Trinajstić information content (AvgIpc) is 2.91. The van der Waals surface area contributed by atoms with Crippen LogP contribution in [0.25, 0.3) is 5.65 Å². The molecule has 6 heteroatoms. The molecule has 0 saturated carbocycles. The Labute approximate surface area is 144 Å². The Morgan fingerprint density at radius 2 is 1.78 bits per heavy atom. The van der Waals surface area contributed by atoms with Crippen LogP contribution in [0.1, 0.15) is 11.3 Å². The van der Waals surface area contributed by atoms with Crippen LogP contribution < -0.4 is 5.32 Å². The van der Waals surface area contributed by atoms with Crippen LogP contribution in [0.15, 0.2) is 48.8 Å². The van der Waals surface area contributed by atoms with Crippen LogP contribution in [0.4, 0.5) is 0 Å². The number of nitrogens with zero attached hydrogens (tertiary/aromatic N) is 2. The summed E-state index contributed by atoms with van der Waals surface area (Å²) >= 11 is 11.8. The molecule has 2 heterocycles. The summed E-state index contributed by atoms with van der Waals surface area (Å²) in [7, 11) is 0. The molecule has 0 unspecified atom stereocenters. The largest absolute Gasteiger partial charge is 0.355 e. The minimum absolute atomic E-state index is 0.0147. The minimum atomic E-state index is -0.0147. The van der Waals surface area contributed by atoms with Crippen molar-refractivity contribution in [3.63, 3.8) is 0 Å². The standard InChI is InChI=1S/C17H15Cl2N3O/c18-13-3-1-12(2-4-13)9-17(23)20-8-7-15-11-22-10-14(19)5-6-16(22)21-15/h1-6,10-11H,7-9H2,(H,20,23). The van der Waals surface area contributed by atoms with Gasteiger partial charge in [-0.3, -0.25) is 4.79 Å². The maximum Gasteiger partial charge on any atom is 0.224 e. The summed E-state index contributed by atoms with van der Waals surface area (Å²) in [5.74, 6) is -0.0147. The fraction of sp³-hybridized carbons (Fsp3) is 0.176. The number of carbonyl (C=O) groups is 1. The van der Waals surface area contributed by atoms with Crippen molar-refractivity contribution in [2.75, 3.05) is 6.54 Å². The highest BCUT2D eigenvalue weighted by atomic mass is 35.5. The molecule has 0 aliphatic carbocycles. The van der Waals surface area contributed by atoms with E-state index >= 15 is 0 Å². The van der Waals surface area contributed by atoms with Gasteiger partial charge in [0.1, 0.15) is 5.65 Å². The number of halogens is 2. The summed E-state index contributed by atoms with van der Waals surface area (Å²) in [6.45, 7) is 0.546. The first-order valence-electron chi connectivity index (χ1n) is 7.24. The molecule has 0 bridgehead atoms. The third-order valence-corrected chi connectivity index (χ3v) is 3.92. The third-order valence-electron chi connectivity index (χ3n) is 3.45. The molecule has 1 aromatic carbocycles. The first-order chi connectivity index (χ1) is 11.1. The summed E-state index contributed by atoms with van der Waals surface area (Å²) < 4.78 is 1.88. The van der Waals surface area contributed by atoms with E-state index in [2.05, 4.69) is 10.3 Å². The van der Waals surface area contributed by atoms with Gasteiger partial charge >= 0.3 is 0 Å². The number of nitrogens with one attached hydrogen (secondary N) is 1. The van der Waals surface area contributed by atoms with E-state index in [0.717, 1.165) is 16.9 Å². The highest BCUT2D eigenvalue weighted by Crippen LogP contribution is 2.12. The van der Waals surface area contributed by atoms with Crippen molar-refractivity contribution in [3.05, 3.63) is 70.1 Å². The van der Waals surface area contributed by atoms with Crippen LogP contribution in [0, 0.1) is 0 Å². The molecule has 0 spiro atoms. The van der Waals surface area contributed by atoms with E-state index in [0.29, 0.717) is 29.4 Å². The number of pyridine rings is 1. The topological polar surface area (TPSA) is 46.4 Å². The maximum absolute atomic E-state index is 11.9. The highest BCUT2D eigenvalue weighted by molar-refractivity contribution is 6.30. The Morgan fingerprint density at radius 3 is 2.57 bits per heavy atom. The lowest BCUT2D eigenvalue weighted by atomic mass is 10.1. The van der Waals surface area contributed by atoms with Gasteiger partial charge in [0.2, 0.25) is 5.91 Å². The lowest BCUT2D eigenvalue weighted by molar-refractivity contribution is -0.120. The number of fused-ring (bicyclic) bond motifs is 1. The second-order valence-electron chi connectivity index (χ2n) is 5.25. The predicted octanol–water partition coefficient (Wildman–Crippen LogP) is 3.54. The van der Waals surface area contributed by atoms with E-state index in [-0.39, 0.29) is 5.91 Å². The molecule has 0 aliphatic rings. The van der Waals surface area contributed by atoms with Gasteiger partial charge in [0, 0.05) is 30.4 Å². The summed E-state index contributed by atoms with van der Waals surface area (Å²) in [6.07, 6.45) is 4.75. The van der Waals surface area contributed by atoms with E-state index < -0.39 is 0 Å². The van der Waals surface area contributed by atoms with Gasteiger partial charge in [0.05, 0.1) is 17.1 Å². The number of imidazole rings is 1. The molecule has 0 radical (unpaired) electrons. The SMILES string of the molecule is O=C(Cc1ccc(Cl)cc1)NCCc1cn2cc(Cl)ccc2n1. The molecule has 1 amide bonds. The zero-order chi connectivity index (χ0) is 16.2. The molecule has 3 rings (SSSR count).